The molecule has 0 atom stereocenters. The minimum absolute atomic E-state index is 0.0559. The van der Waals surface area contributed by atoms with Gasteiger partial charge >= 0.3 is 6.18 Å². The van der Waals surface area contributed by atoms with Crippen LogP contribution in [0.4, 0.5) is 17.6 Å². The van der Waals surface area contributed by atoms with Crippen molar-refractivity contribution in [2.75, 3.05) is 7.11 Å². The average molecular weight is 383 g/mol. The molecular formula is C18H13F4NO2S. The van der Waals surface area contributed by atoms with Gasteiger partial charge in [-0.2, -0.15) is 13.2 Å². The van der Waals surface area contributed by atoms with Gasteiger partial charge in [-0.1, -0.05) is 24.3 Å². The molecule has 2 aromatic carbocycles. The second-order valence-corrected chi connectivity index (χ2v) is 6.47. The van der Waals surface area contributed by atoms with E-state index >= 15 is 0 Å². The molecular weight excluding hydrogens is 370 g/mol. The molecule has 0 saturated carbocycles. The van der Waals surface area contributed by atoms with E-state index < -0.39 is 23.5 Å². The van der Waals surface area contributed by atoms with Gasteiger partial charge in [-0.3, -0.25) is 4.79 Å². The van der Waals surface area contributed by atoms with Crippen LogP contribution in [0, 0.1) is 5.82 Å². The number of fused-ring (bicyclic) bond motifs is 1. The molecule has 0 saturated heterocycles. The summed E-state index contributed by atoms with van der Waals surface area (Å²) >= 11 is 1.02. The maximum Gasteiger partial charge on any atom is 0.416 e. The molecule has 8 heteroatoms. The van der Waals surface area contributed by atoms with Crippen molar-refractivity contribution in [1.82, 2.24) is 5.32 Å². The Balaban J connectivity index is 1.89. The number of nitrogens with one attached hydrogen (secondary N) is 1. The third kappa shape index (κ3) is 3.37. The summed E-state index contributed by atoms with van der Waals surface area (Å²) in [5.41, 5.74) is -0.866. The van der Waals surface area contributed by atoms with Crippen LogP contribution in [0.15, 0.2) is 42.5 Å². The van der Waals surface area contributed by atoms with Crippen molar-refractivity contribution < 1.29 is 27.1 Å². The predicted octanol–water partition coefficient (Wildman–Crippen LogP) is 5.00. The summed E-state index contributed by atoms with van der Waals surface area (Å²) in [6.07, 6.45) is -4.51. The molecule has 1 N–H and O–H groups in total. The number of carbonyl (C=O) groups is 1. The van der Waals surface area contributed by atoms with E-state index in [0.29, 0.717) is 4.70 Å². The van der Waals surface area contributed by atoms with E-state index in [0.717, 1.165) is 17.4 Å². The number of methoxy groups -OCH3 is 1. The Hall–Kier alpha value is -2.61. The molecule has 0 aliphatic carbocycles. The minimum atomic E-state index is -4.51. The van der Waals surface area contributed by atoms with Crippen molar-refractivity contribution in [3.63, 3.8) is 0 Å². The van der Waals surface area contributed by atoms with Crippen molar-refractivity contribution in [3.05, 3.63) is 64.3 Å². The lowest BCUT2D eigenvalue weighted by Gasteiger charge is -2.13. The standard InChI is InChI=1S/C18H13F4NO2S/c1-25-15-14-12(19)7-4-8-13(14)26-16(15)17(24)23-9-10-5-2-3-6-11(10)18(20,21)22/h2-8H,9H2,1H3,(H,23,24). The highest BCUT2D eigenvalue weighted by molar-refractivity contribution is 7.21. The zero-order valence-electron chi connectivity index (χ0n) is 13.5. The van der Waals surface area contributed by atoms with Gasteiger partial charge in [0.2, 0.25) is 0 Å². The van der Waals surface area contributed by atoms with E-state index in [1.165, 1.54) is 37.4 Å². The number of thiophene rings is 1. The van der Waals surface area contributed by atoms with Crippen molar-refractivity contribution in [2.45, 2.75) is 12.7 Å². The Kier molecular flexibility index (Phi) is 4.86. The highest BCUT2D eigenvalue weighted by Gasteiger charge is 2.33. The fraction of sp³-hybridized carbons (Fsp3) is 0.167. The number of alkyl halides is 3. The number of amides is 1. The summed E-state index contributed by atoms with van der Waals surface area (Å²) in [4.78, 5) is 12.6. The number of halogens is 4. The maximum atomic E-state index is 14.0. The first-order chi connectivity index (χ1) is 12.3. The molecule has 3 nitrogen and oxygen atoms in total. The Bertz CT molecular complexity index is 965. The molecule has 136 valence electrons. The molecule has 0 bridgehead atoms. The third-order valence-electron chi connectivity index (χ3n) is 3.79. The SMILES string of the molecule is COc1c(C(=O)NCc2ccccc2C(F)(F)F)sc2cccc(F)c12. The smallest absolute Gasteiger partial charge is 0.416 e. The molecule has 0 aliphatic heterocycles. The number of rotatable bonds is 4. The molecule has 1 aromatic heterocycles. The van der Waals surface area contributed by atoms with E-state index in [4.69, 9.17) is 4.74 Å². The molecule has 26 heavy (non-hydrogen) atoms. The van der Waals surface area contributed by atoms with Crippen LogP contribution in [0.5, 0.6) is 5.75 Å². The Morgan fingerprint density at radius 2 is 1.88 bits per heavy atom. The van der Waals surface area contributed by atoms with Crippen LogP contribution >= 0.6 is 11.3 Å². The largest absolute Gasteiger partial charge is 0.494 e. The van der Waals surface area contributed by atoms with E-state index in [-0.39, 0.29) is 28.1 Å². The summed E-state index contributed by atoms with van der Waals surface area (Å²) in [5, 5.41) is 2.63. The number of hydrogen-bond acceptors (Lipinski definition) is 3. The van der Waals surface area contributed by atoms with Crippen LogP contribution in [-0.4, -0.2) is 13.0 Å². The van der Waals surface area contributed by atoms with Gasteiger partial charge in [0.05, 0.1) is 18.1 Å². The Morgan fingerprint density at radius 1 is 1.15 bits per heavy atom. The molecule has 1 amide bonds. The van der Waals surface area contributed by atoms with E-state index in [1.54, 1.807) is 6.07 Å². The Morgan fingerprint density at radius 3 is 2.58 bits per heavy atom. The highest BCUT2D eigenvalue weighted by Crippen LogP contribution is 2.39. The van der Waals surface area contributed by atoms with E-state index in [2.05, 4.69) is 5.32 Å². The van der Waals surface area contributed by atoms with Gasteiger partial charge in [0.15, 0.2) is 5.75 Å². The molecule has 0 aliphatic rings. The lowest BCUT2D eigenvalue weighted by Crippen LogP contribution is -2.24. The van der Waals surface area contributed by atoms with E-state index in [9.17, 15) is 22.4 Å². The molecule has 0 radical (unpaired) electrons. The van der Waals surface area contributed by atoms with Crippen LogP contribution in [0.1, 0.15) is 20.8 Å². The van der Waals surface area contributed by atoms with Crippen molar-refractivity contribution in [1.29, 1.82) is 0 Å². The third-order valence-corrected chi connectivity index (χ3v) is 4.93. The van der Waals surface area contributed by atoms with Crippen molar-refractivity contribution >= 4 is 27.3 Å². The number of benzene rings is 2. The van der Waals surface area contributed by atoms with Crippen molar-refractivity contribution in [3.8, 4) is 5.75 Å². The minimum Gasteiger partial charge on any atom is -0.494 e. The normalized spacial score (nSPS) is 11.6. The topological polar surface area (TPSA) is 38.3 Å². The number of ether oxygens (including phenoxy) is 1. The van der Waals surface area contributed by atoms with Crippen LogP contribution in [-0.2, 0) is 12.7 Å². The lowest BCUT2D eigenvalue weighted by molar-refractivity contribution is -0.138. The fourth-order valence-corrected chi connectivity index (χ4v) is 3.73. The first kappa shape index (κ1) is 18.2. The summed E-state index contributed by atoms with van der Waals surface area (Å²) < 4.78 is 58.8. The monoisotopic (exact) mass is 383 g/mol. The van der Waals surface area contributed by atoms with Crippen LogP contribution in [0.25, 0.3) is 10.1 Å². The second kappa shape index (κ2) is 6.95. The second-order valence-electron chi connectivity index (χ2n) is 5.41. The predicted molar refractivity (Wildman–Crippen MR) is 90.9 cm³/mol. The van der Waals surface area contributed by atoms with Gasteiger partial charge in [0.25, 0.3) is 5.91 Å². The van der Waals surface area contributed by atoms with Gasteiger partial charge in [-0.25, -0.2) is 4.39 Å². The number of carbonyl (C=O) groups excluding carboxylic acids is 1. The summed E-state index contributed by atoms with van der Waals surface area (Å²) in [6, 6.07) is 9.40. The molecule has 1 heterocycles. The highest BCUT2D eigenvalue weighted by atomic mass is 32.1. The lowest BCUT2D eigenvalue weighted by atomic mass is 10.1. The van der Waals surface area contributed by atoms with Gasteiger partial charge in [-0.05, 0) is 23.8 Å². The maximum absolute atomic E-state index is 14.0. The van der Waals surface area contributed by atoms with Crippen LogP contribution < -0.4 is 10.1 Å². The number of hydrogen-bond donors (Lipinski definition) is 1. The molecule has 3 rings (SSSR count). The molecule has 0 fully saturated rings. The molecule has 3 aromatic rings. The first-order valence-corrected chi connectivity index (χ1v) is 8.33. The summed E-state index contributed by atoms with van der Waals surface area (Å²) in [7, 11) is 1.31. The summed E-state index contributed by atoms with van der Waals surface area (Å²) in [5.74, 6) is -1.08. The quantitative estimate of drug-likeness (QED) is 0.644. The average Bonchev–Trinajstić information content (AvgIpc) is 2.99. The zero-order chi connectivity index (χ0) is 18.9. The van der Waals surface area contributed by atoms with Gasteiger partial charge in [-0.15, -0.1) is 11.3 Å². The van der Waals surface area contributed by atoms with Crippen LogP contribution in [0.3, 0.4) is 0 Å². The fourth-order valence-electron chi connectivity index (χ4n) is 2.63. The van der Waals surface area contributed by atoms with Crippen LogP contribution in [0.2, 0.25) is 0 Å². The van der Waals surface area contributed by atoms with Gasteiger partial charge < -0.3 is 10.1 Å². The first-order valence-electron chi connectivity index (χ1n) is 7.51. The van der Waals surface area contributed by atoms with E-state index in [1.807, 2.05) is 0 Å². The van der Waals surface area contributed by atoms with Gasteiger partial charge in [0, 0.05) is 11.2 Å². The molecule has 0 unspecified atom stereocenters. The van der Waals surface area contributed by atoms with Gasteiger partial charge in [0.1, 0.15) is 10.7 Å². The summed E-state index contributed by atoms with van der Waals surface area (Å²) in [6.45, 7) is -0.311. The van der Waals surface area contributed by atoms with Crippen molar-refractivity contribution in [2.24, 2.45) is 0 Å². The zero-order valence-corrected chi connectivity index (χ0v) is 14.3. The molecule has 0 spiro atoms. The Labute approximate surface area is 150 Å².